The van der Waals surface area contributed by atoms with Crippen LogP contribution in [0.15, 0.2) is 0 Å². The number of hydrogen-bond acceptors (Lipinski definition) is 3. The van der Waals surface area contributed by atoms with E-state index in [4.69, 9.17) is 0 Å². The van der Waals surface area contributed by atoms with E-state index in [2.05, 4.69) is 28.9 Å². The fourth-order valence-corrected chi connectivity index (χ4v) is 5.27. The molecule has 0 aromatic heterocycles. The molecular formula is C15H26N2OS. The lowest BCUT2D eigenvalue weighted by molar-refractivity contribution is -0.130. The Hall–Kier alpha value is -0.220. The molecule has 2 saturated heterocycles. The summed E-state index contributed by atoms with van der Waals surface area (Å²) >= 11 is 2.06. The molecule has 19 heavy (non-hydrogen) atoms. The lowest BCUT2D eigenvalue weighted by atomic mass is 10.0. The second-order valence-electron chi connectivity index (χ2n) is 6.75. The number of nitrogens with zero attached hydrogens (tertiary/aromatic N) is 1. The number of amides is 1. The summed E-state index contributed by atoms with van der Waals surface area (Å²) in [7, 11) is 0. The molecule has 3 fully saturated rings. The number of carbonyl (C=O) groups is 1. The van der Waals surface area contributed by atoms with Gasteiger partial charge in [-0.15, -0.1) is 0 Å². The van der Waals surface area contributed by atoms with Crippen molar-refractivity contribution in [1.29, 1.82) is 0 Å². The fraction of sp³-hybridized carbons (Fsp3) is 0.933. The molecule has 1 N–H and O–H groups in total. The maximum Gasteiger partial charge on any atom is 0.240 e. The predicted octanol–water partition coefficient (Wildman–Crippen LogP) is 2.61. The van der Waals surface area contributed by atoms with Crippen LogP contribution < -0.4 is 5.32 Å². The number of nitrogens with one attached hydrogen (secondary N) is 1. The van der Waals surface area contributed by atoms with E-state index in [1.165, 1.54) is 44.3 Å². The standard InChI is InChI=1S/C15H26N2OS/c1-11-14(18)17(10-15(2)8-5-9-19-15)13(16-11)12-6-3-4-7-12/h11-13,16H,3-10H2,1-2H3. The number of thioether (sulfide) groups is 1. The van der Waals surface area contributed by atoms with Crippen molar-refractivity contribution in [3.8, 4) is 0 Å². The molecule has 3 atom stereocenters. The fourth-order valence-electron chi connectivity index (χ4n) is 3.97. The van der Waals surface area contributed by atoms with E-state index in [0.29, 0.717) is 18.0 Å². The summed E-state index contributed by atoms with van der Waals surface area (Å²) in [6.07, 6.45) is 8.13. The third-order valence-electron chi connectivity index (χ3n) is 5.06. The highest BCUT2D eigenvalue weighted by Gasteiger charge is 2.44. The van der Waals surface area contributed by atoms with E-state index in [1.54, 1.807) is 0 Å². The molecule has 0 aromatic carbocycles. The van der Waals surface area contributed by atoms with Crippen LogP contribution in [0.5, 0.6) is 0 Å². The molecule has 0 bridgehead atoms. The van der Waals surface area contributed by atoms with Gasteiger partial charge >= 0.3 is 0 Å². The molecule has 3 rings (SSSR count). The van der Waals surface area contributed by atoms with Gasteiger partial charge in [-0.3, -0.25) is 10.1 Å². The Labute approximate surface area is 120 Å². The van der Waals surface area contributed by atoms with Crippen LogP contribution in [0.4, 0.5) is 0 Å². The Morgan fingerprint density at radius 2 is 2.11 bits per heavy atom. The van der Waals surface area contributed by atoms with Gasteiger partial charge in [-0.1, -0.05) is 12.8 Å². The summed E-state index contributed by atoms with van der Waals surface area (Å²) in [5.41, 5.74) is 0. The first-order chi connectivity index (χ1) is 9.09. The smallest absolute Gasteiger partial charge is 0.240 e. The molecule has 0 radical (unpaired) electrons. The van der Waals surface area contributed by atoms with Crippen LogP contribution in [0, 0.1) is 5.92 Å². The van der Waals surface area contributed by atoms with Crippen molar-refractivity contribution in [2.75, 3.05) is 12.3 Å². The van der Waals surface area contributed by atoms with Gasteiger partial charge in [0.25, 0.3) is 0 Å². The molecule has 1 amide bonds. The quantitative estimate of drug-likeness (QED) is 0.863. The van der Waals surface area contributed by atoms with Gasteiger partial charge in [0.05, 0.1) is 12.2 Å². The molecule has 4 heteroatoms. The molecule has 3 nitrogen and oxygen atoms in total. The van der Waals surface area contributed by atoms with Gasteiger partial charge in [-0.05, 0) is 51.2 Å². The summed E-state index contributed by atoms with van der Waals surface area (Å²) in [5, 5.41) is 3.55. The van der Waals surface area contributed by atoms with Crippen LogP contribution in [0.3, 0.4) is 0 Å². The molecular weight excluding hydrogens is 256 g/mol. The molecule has 3 aliphatic rings. The van der Waals surface area contributed by atoms with Crippen LogP contribution in [0.25, 0.3) is 0 Å². The highest BCUT2D eigenvalue weighted by molar-refractivity contribution is 8.00. The Bertz CT molecular complexity index is 348. The minimum absolute atomic E-state index is 0.0144. The normalized spacial score (nSPS) is 40.5. The first-order valence-corrected chi connectivity index (χ1v) is 8.78. The van der Waals surface area contributed by atoms with E-state index >= 15 is 0 Å². The lowest BCUT2D eigenvalue weighted by Crippen LogP contribution is -2.47. The first kappa shape index (κ1) is 13.7. The van der Waals surface area contributed by atoms with Crippen LogP contribution in [0.1, 0.15) is 52.4 Å². The second-order valence-corrected chi connectivity index (χ2v) is 8.43. The lowest BCUT2D eigenvalue weighted by Gasteiger charge is -2.35. The summed E-state index contributed by atoms with van der Waals surface area (Å²) in [6.45, 7) is 5.30. The van der Waals surface area contributed by atoms with Gasteiger partial charge in [0.1, 0.15) is 0 Å². The average molecular weight is 282 g/mol. The number of rotatable bonds is 3. The Balaban J connectivity index is 1.73. The first-order valence-electron chi connectivity index (χ1n) is 7.80. The summed E-state index contributed by atoms with van der Waals surface area (Å²) < 4.78 is 0.290. The van der Waals surface area contributed by atoms with Crippen LogP contribution >= 0.6 is 11.8 Å². The van der Waals surface area contributed by atoms with Crippen LogP contribution in [-0.2, 0) is 4.79 Å². The summed E-state index contributed by atoms with van der Waals surface area (Å²) in [6, 6.07) is 0.0144. The number of carbonyl (C=O) groups excluding carboxylic acids is 1. The zero-order chi connectivity index (χ0) is 13.5. The van der Waals surface area contributed by atoms with Crippen molar-refractivity contribution in [3.63, 3.8) is 0 Å². The van der Waals surface area contributed by atoms with Gasteiger partial charge in [0.15, 0.2) is 0 Å². The van der Waals surface area contributed by atoms with Crippen molar-refractivity contribution in [2.45, 2.75) is 69.3 Å². The SMILES string of the molecule is CC1NC(C2CCCC2)N(CC2(C)CCCS2)C1=O. The Kier molecular flexibility index (Phi) is 3.82. The van der Waals surface area contributed by atoms with Crippen molar-refractivity contribution in [3.05, 3.63) is 0 Å². The minimum Gasteiger partial charge on any atom is -0.324 e. The third-order valence-corrected chi connectivity index (χ3v) is 6.58. The molecule has 1 aliphatic carbocycles. The van der Waals surface area contributed by atoms with E-state index in [0.717, 1.165) is 6.54 Å². The van der Waals surface area contributed by atoms with Gasteiger partial charge in [-0.25, -0.2) is 0 Å². The van der Waals surface area contributed by atoms with E-state index < -0.39 is 0 Å². The van der Waals surface area contributed by atoms with Crippen molar-refractivity contribution >= 4 is 17.7 Å². The Morgan fingerprint density at radius 3 is 2.74 bits per heavy atom. The van der Waals surface area contributed by atoms with Crippen molar-refractivity contribution in [2.24, 2.45) is 5.92 Å². The minimum atomic E-state index is 0.0144. The van der Waals surface area contributed by atoms with Crippen molar-refractivity contribution < 1.29 is 4.79 Å². The molecule has 0 aromatic rings. The molecule has 0 spiro atoms. The molecule has 108 valence electrons. The Morgan fingerprint density at radius 1 is 1.37 bits per heavy atom. The average Bonchev–Trinajstić information content (AvgIpc) is 3.08. The van der Waals surface area contributed by atoms with Crippen molar-refractivity contribution in [1.82, 2.24) is 10.2 Å². The predicted molar refractivity (Wildman–Crippen MR) is 80.2 cm³/mol. The molecule has 1 saturated carbocycles. The number of hydrogen-bond donors (Lipinski definition) is 1. The van der Waals surface area contributed by atoms with Crippen LogP contribution in [-0.4, -0.2) is 40.1 Å². The van der Waals surface area contributed by atoms with Gasteiger partial charge in [-0.2, -0.15) is 11.8 Å². The molecule has 2 aliphatic heterocycles. The molecule has 2 heterocycles. The highest BCUT2D eigenvalue weighted by Crippen LogP contribution is 2.40. The zero-order valence-corrected chi connectivity index (χ0v) is 13.0. The van der Waals surface area contributed by atoms with Crippen LogP contribution in [0.2, 0.25) is 0 Å². The topological polar surface area (TPSA) is 32.3 Å². The van der Waals surface area contributed by atoms with Gasteiger partial charge in [0, 0.05) is 11.3 Å². The second kappa shape index (κ2) is 5.28. The summed E-state index contributed by atoms with van der Waals surface area (Å²) in [5.74, 6) is 2.27. The van der Waals surface area contributed by atoms with E-state index in [-0.39, 0.29) is 10.8 Å². The largest absolute Gasteiger partial charge is 0.324 e. The summed E-state index contributed by atoms with van der Waals surface area (Å²) in [4.78, 5) is 14.6. The maximum atomic E-state index is 12.5. The zero-order valence-electron chi connectivity index (χ0n) is 12.2. The maximum absolute atomic E-state index is 12.5. The third kappa shape index (κ3) is 2.66. The van der Waals surface area contributed by atoms with E-state index in [9.17, 15) is 4.79 Å². The highest BCUT2D eigenvalue weighted by atomic mass is 32.2. The molecule has 3 unspecified atom stereocenters. The monoisotopic (exact) mass is 282 g/mol. The van der Waals surface area contributed by atoms with Gasteiger partial charge < -0.3 is 4.90 Å². The van der Waals surface area contributed by atoms with E-state index in [1.807, 2.05) is 6.92 Å². The van der Waals surface area contributed by atoms with Gasteiger partial charge in [0.2, 0.25) is 5.91 Å².